The van der Waals surface area contributed by atoms with Crippen LogP contribution < -0.4 is 10.6 Å². The zero-order valence-corrected chi connectivity index (χ0v) is 13.2. The highest BCUT2D eigenvalue weighted by molar-refractivity contribution is 5.53. The van der Waals surface area contributed by atoms with Crippen molar-refractivity contribution < 1.29 is 10.0 Å². The lowest BCUT2D eigenvalue weighted by molar-refractivity contribution is -0.384. The first-order chi connectivity index (χ1) is 11.5. The third kappa shape index (κ3) is 3.00. The van der Waals surface area contributed by atoms with Gasteiger partial charge in [0, 0.05) is 38.4 Å². The number of aryl methyl sites for hydroxylation is 1. The summed E-state index contributed by atoms with van der Waals surface area (Å²) in [6.45, 7) is 1.24. The van der Waals surface area contributed by atoms with Crippen LogP contribution in [0.5, 0.6) is 0 Å². The van der Waals surface area contributed by atoms with Crippen molar-refractivity contribution in [1.82, 2.24) is 19.5 Å². The van der Waals surface area contributed by atoms with Gasteiger partial charge in [-0.3, -0.25) is 10.1 Å². The Morgan fingerprint density at radius 1 is 1.50 bits per heavy atom. The molecule has 2 atom stereocenters. The first kappa shape index (κ1) is 16.1. The Bertz CT molecular complexity index is 748. The number of imidazole rings is 1. The van der Waals surface area contributed by atoms with Crippen molar-refractivity contribution in [2.24, 2.45) is 13.0 Å². The summed E-state index contributed by atoms with van der Waals surface area (Å²) in [7, 11) is 1.84. The molecule has 3 heterocycles. The molecule has 1 fully saturated rings. The van der Waals surface area contributed by atoms with Crippen LogP contribution in [-0.4, -0.2) is 42.6 Å². The van der Waals surface area contributed by atoms with Crippen molar-refractivity contribution in [3.8, 4) is 0 Å². The Morgan fingerprint density at radius 3 is 2.92 bits per heavy atom. The third-order valence-electron chi connectivity index (χ3n) is 4.29. The molecule has 0 amide bonds. The van der Waals surface area contributed by atoms with E-state index in [4.69, 9.17) is 5.73 Å². The molecule has 1 saturated heterocycles. The van der Waals surface area contributed by atoms with Crippen molar-refractivity contribution in [3.05, 3.63) is 34.5 Å². The van der Waals surface area contributed by atoms with E-state index in [9.17, 15) is 15.2 Å². The van der Waals surface area contributed by atoms with Gasteiger partial charge in [-0.15, -0.1) is 0 Å². The Kier molecular flexibility index (Phi) is 4.30. The number of nitrogens with two attached hydrogens (primary N) is 1. The molecule has 10 heteroatoms. The van der Waals surface area contributed by atoms with Crippen molar-refractivity contribution in [3.63, 3.8) is 0 Å². The van der Waals surface area contributed by atoms with Crippen molar-refractivity contribution in [2.45, 2.75) is 18.9 Å². The molecule has 0 saturated carbocycles. The average molecular weight is 333 g/mol. The SMILES string of the molecule is Cn1ccnc1C(O)C1CCCN(c2ncc([N+](=O)[O-])c(N)n2)C1. The Labute approximate surface area is 138 Å². The number of anilines is 2. The van der Waals surface area contributed by atoms with E-state index in [0.717, 1.165) is 19.0 Å². The second-order valence-electron chi connectivity index (χ2n) is 5.89. The number of nitrogens with zero attached hydrogens (tertiary/aromatic N) is 6. The molecule has 3 N–H and O–H groups in total. The van der Waals surface area contributed by atoms with E-state index in [-0.39, 0.29) is 17.4 Å². The van der Waals surface area contributed by atoms with Crippen LogP contribution in [0.25, 0.3) is 0 Å². The van der Waals surface area contributed by atoms with Crippen LogP contribution in [0.1, 0.15) is 24.8 Å². The Morgan fingerprint density at radius 2 is 2.29 bits per heavy atom. The molecule has 10 nitrogen and oxygen atoms in total. The van der Waals surface area contributed by atoms with Crippen molar-refractivity contribution in [1.29, 1.82) is 0 Å². The number of hydrogen-bond acceptors (Lipinski definition) is 8. The molecule has 24 heavy (non-hydrogen) atoms. The van der Waals surface area contributed by atoms with E-state index in [2.05, 4.69) is 15.0 Å². The number of piperidine rings is 1. The average Bonchev–Trinajstić information content (AvgIpc) is 3.00. The van der Waals surface area contributed by atoms with E-state index in [1.807, 2.05) is 11.9 Å². The van der Waals surface area contributed by atoms with Crippen LogP contribution in [0.15, 0.2) is 18.6 Å². The number of aromatic nitrogens is 4. The summed E-state index contributed by atoms with van der Waals surface area (Å²) in [4.78, 5) is 24.4. The normalized spacial score (nSPS) is 19.2. The van der Waals surface area contributed by atoms with Crippen LogP contribution in [-0.2, 0) is 7.05 Å². The topological polar surface area (TPSA) is 136 Å². The van der Waals surface area contributed by atoms with Crippen LogP contribution >= 0.6 is 0 Å². The highest BCUT2D eigenvalue weighted by Crippen LogP contribution is 2.31. The first-order valence-electron chi connectivity index (χ1n) is 7.64. The molecule has 0 aliphatic carbocycles. The zero-order chi connectivity index (χ0) is 17.3. The summed E-state index contributed by atoms with van der Waals surface area (Å²) in [5.41, 5.74) is 5.33. The second kappa shape index (κ2) is 6.40. The van der Waals surface area contributed by atoms with E-state index in [1.165, 1.54) is 0 Å². The van der Waals surface area contributed by atoms with E-state index in [0.29, 0.717) is 24.9 Å². The predicted molar refractivity (Wildman–Crippen MR) is 86.2 cm³/mol. The van der Waals surface area contributed by atoms with Crippen LogP contribution in [0.3, 0.4) is 0 Å². The van der Waals surface area contributed by atoms with Gasteiger partial charge in [-0.1, -0.05) is 0 Å². The van der Waals surface area contributed by atoms with E-state index in [1.54, 1.807) is 17.0 Å². The molecule has 0 spiro atoms. The van der Waals surface area contributed by atoms with Gasteiger partial charge in [-0.05, 0) is 12.8 Å². The van der Waals surface area contributed by atoms with Crippen molar-refractivity contribution >= 4 is 17.5 Å². The van der Waals surface area contributed by atoms with Gasteiger partial charge in [0.15, 0.2) is 0 Å². The van der Waals surface area contributed by atoms with Gasteiger partial charge in [0.05, 0.1) is 4.92 Å². The molecular weight excluding hydrogens is 314 g/mol. The van der Waals surface area contributed by atoms with E-state index < -0.39 is 11.0 Å². The summed E-state index contributed by atoms with van der Waals surface area (Å²) in [6.07, 6.45) is 5.58. The minimum atomic E-state index is -0.691. The summed E-state index contributed by atoms with van der Waals surface area (Å²) >= 11 is 0. The molecule has 2 aromatic rings. The highest BCUT2D eigenvalue weighted by atomic mass is 16.6. The Hall–Kier alpha value is -2.75. The van der Waals surface area contributed by atoms with Gasteiger partial charge in [0.1, 0.15) is 18.1 Å². The number of nitrogen functional groups attached to an aromatic ring is 1. The minimum Gasteiger partial charge on any atom is -0.385 e. The van der Waals surface area contributed by atoms with E-state index >= 15 is 0 Å². The fraction of sp³-hybridized carbons (Fsp3) is 0.500. The molecule has 0 aromatic carbocycles. The van der Waals surface area contributed by atoms with Gasteiger partial charge < -0.3 is 20.3 Å². The quantitative estimate of drug-likeness (QED) is 0.615. The summed E-state index contributed by atoms with van der Waals surface area (Å²) in [5, 5.41) is 21.4. The summed E-state index contributed by atoms with van der Waals surface area (Å²) in [5.74, 6) is 0.775. The maximum absolute atomic E-state index is 10.8. The lowest BCUT2D eigenvalue weighted by Gasteiger charge is -2.34. The fourth-order valence-electron chi connectivity index (χ4n) is 2.99. The first-order valence-corrected chi connectivity index (χ1v) is 7.64. The third-order valence-corrected chi connectivity index (χ3v) is 4.29. The smallest absolute Gasteiger partial charge is 0.329 e. The number of hydrogen-bond donors (Lipinski definition) is 2. The minimum absolute atomic E-state index is 0.0279. The van der Waals surface area contributed by atoms with Gasteiger partial charge in [0.25, 0.3) is 0 Å². The monoisotopic (exact) mass is 333 g/mol. The van der Waals surface area contributed by atoms with Gasteiger partial charge in [-0.25, -0.2) is 9.97 Å². The molecule has 0 radical (unpaired) electrons. The molecule has 3 rings (SSSR count). The molecule has 2 aromatic heterocycles. The number of aliphatic hydroxyl groups is 1. The number of aliphatic hydroxyl groups excluding tert-OH is 1. The molecular formula is C14H19N7O3. The highest BCUT2D eigenvalue weighted by Gasteiger charge is 2.30. The predicted octanol–water partition coefficient (Wildman–Crippen LogP) is 0.650. The molecule has 128 valence electrons. The largest absolute Gasteiger partial charge is 0.385 e. The van der Waals surface area contributed by atoms with Crippen LogP contribution in [0.4, 0.5) is 17.5 Å². The Balaban J connectivity index is 1.77. The fourth-order valence-corrected chi connectivity index (χ4v) is 2.99. The standard InChI is InChI=1S/C14H19N7O3/c1-19-6-4-16-13(19)11(22)9-3-2-5-20(8-9)14-17-7-10(21(23)24)12(15)18-14/h4,6-7,9,11,22H,2-3,5,8H2,1H3,(H2,15,17,18). The van der Waals surface area contributed by atoms with Gasteiger partial charge >= 0.3 is 5.69 Å². The summed E-state index contributed by atoms with van der Waals surface area (Å²) in [6, 6.07) is 0. The van der Waals surface area contributed by atoms with Crippen LogP contribution in [0, 0.1) is 16.0 Å². The molecule has 1 aliphatic heterocycles. The molecule has 1 aliphatic rings. The maximum Gasteiger partial charge on any atom is 0.329 e. The van der Waals surface area contributed by atoms with Gasteiger partial charge in [0.2, 0.25) is 11.8 Å². The summed E-state index contributed by atoms with van der Waals surface area (Å²) < 4.78 is 1.80. The maximum atomic E-state index is 10.8. The van der Waals surface area contributed by atoms with Crippen LogP contribution in [0.2, 0.25) is 0 Å². The number of rotatable bonds is 4. The van der Waals surface area contributed by atoms with Crippen molar-refractivity contribution in [2.75, 3.05) is 23.7 Å². The number of nitro groups is 1. The van der Waals surface area contributed by atoms with Gasteiger partial charge in [-0.2, -0.15) is 4.98 Å². The second-order valence-corrected chi connectivity index (χ2v) is 5.89. The lowest BCUT2D eigenvalue weighted by atomic mass is 9.92. The molecule has 0 bridgehead atoms. The lowest BCUT2D eigenvalue weighted by Crippen LogP contribution is -2.39. The zero-order valence-electron chi connectivity index (χ0n) is 13.2. The molecule has 2 unspecified atom stereocenters.